The fourth-order valence-corrected chi connectivity index (χ4v) is 2.85. The highest BCUT2D eigenvalue weighted by Crippen LogP contribution is 2.34. The minimum Gasteiger partial charge on any atom is -0.393 e. The molecule has 5 atom stereocenters. The van der Waals surface area contributed by atoms with Crippen molar-refractivity contribution < 1.29 is 19.8 Å². The first-order valence-corrected chi connectivity index (χ1v) is 6.85. The summed E-state index contributed by atoms with van der Waals surface area (Å²) in [5.74, 6) is -0.548. The fraction of sp³-hybridized carbons (Fsp3) is 0.857. The number of Topliss-reactive ketones (excluding diaryl/α,β-unsaturated/α-hetero) is 1. The lowest BCUT2D eigenvalue weighted by Crippen LogP contribution is -2.25. The van der Waals surface area contributed by atoms with E-state index >= 15 is 0 Å². The van der Waals surface area contributed by atoms with E-state index in [-0.39, 0.29) is 24.0 Å². The summed E-state index contributed by atoms with van der Waals surface area (Å²) in [7, 11) is 0. The van der Waals surface area contributed by atoms with E-state index in [1.165, 1.54) is 0 Å². The molecule has 1 fully saturated rings. The third-order valence-corrected chi connectivity index (χ3v) is 4.07. The van der Waals surface area contributed by atoms with E-state index in [4.69, 9.17) is 0 Å². The largest absolute Gasteiger partial charge is 0.393 e. The minimum absolute atomic E-state index is 0.0492. The Morgan fingerprint density at radius 1 is 1.39 bits per heavy atom. The molecule has 0 aliphatic heterocycles. The summed E-state index contributed by atoms with van der Waals surface area (Å²) in [5, 5.41) is 19.4. The molecular formula is C14H24O4. The predicted octanol–water partition coefficient (Wildman–Crippen LogP) is 1.33. The zero-order valence-electron chi connectivity index (χ0n) is 11.2. The highest BCUT2D eigenvalue weighted by Gasteiger charge is 2.41. The standard InChI is InChI=1S/C14H24O4/c1-3-4-9(2)12(16)6-5-10-11(8-15)14(18)7-13(10)17/h8-11,13-14,17-18H,3-7H2,1-2H3/t9?,10-,11+,13-,14+/m0/s1. The van der Waals surface area contributed by atoms with Gasteiger partial charge in [-0.1, -0.05) is 20.3 Å². The first-order valence-electron chi connectivity index (χ1n) is 6.85. The minimum atomic E-state index is -0.759. The van der Waals surface area contributed by atoms with Crippen LogP contribution in [0.1, 0.15) is 46.0 Å². The molecule has 1 saturated carbocycles. The van der Waals surface area contributed by atoms with Crippen LogP contribution < -0.4 is 0 Å². The van der Waals surface area contributed by atoms with E-state index in [0.717, 1.165) is 12.8 Å². The van der Waals surface area contributed by atoms with Crippen molar-refractivity contribution in [2.75, 3.05) is 0 Å². The molecule has 1 aliphatic rings. The molecule has 0 amide bonds. The Morgan fingerprint density at radius 3 is 2.61 bits per heavy atom. The molecule has 4 heteroatoms. The third-order valence-electron chi connectivity index (χ3n) is 4.07. The third kappa shape index (κ3) is 3.62. The Balaban J connectivity index is 2.47. The Morgan fingerprint density at radius 2 is 2.06 bits per heavy atom. The second kappa shape index (κ2) is 7.00. The van der Waals surface area contributed by atoms with E-state index in [9.17, 15) is 19.8 Å². The normalized spacial score (nSPS) is 33.3. The predicted molar refractivity (Wildman–Crippen MR) is 68.0 cm³/mol. The number of hydrogen-bond acceptors (Lipinski definition) is 4. The SMILES string of the molecule is CCCC(C)C(=O)CC[C@H]1[C@@H](C=O)[C@H](O)C[C@@H]1O. The molecule has 0 spiro atoms. The molecule has 1 rings (SSSR count). The molecule has 0 aromatic rings. The van der Waals surface area contributed by atoms with E-state index < -0.39 is 18.1 Å². The van der Waals surface area contributed by atoms with Crippen LogP contribution in [0.15, 0.2) is 0 Å². The number of aliphatic hydroxyl groups excluding tert-OH is 2. The van der Waals surface area contributed by atoms with E-state index in [0.29, 0.717) is 19.1 Å². The van der Waals surface area contributed by atoms with Gasteiger partial charge in [0.25, 0.3) is 0 Å². The molecule has 1 aliphatic carbocycles. The number of rotatable bonds is 7. The smallest absolute Gasteiger partial charge is 0.135 e. The summed E-state index contributed by atoms with van der Waals surface area (Å²) in [6, 6.07) is 0. The average Bonchev–Trinajstić information content (AvgIpc) is 2.60. The highest BCUT2D eigenvalue weighted by atomic mass is 16.3. The number of carbonyl (C=O) groups is 2. The zero-order chi connectivity index (χ0) is 13.7. The van der Waals surface area contributed by atoms with Gasteiger partial charge in [0.2, 0.25) is 0 Å². The van der Waals surface area contributed by atoms with Gasteiger partial charge in [-0.05, 0) is 18.8 Å². The molecule has 1 unspecified atom stereocenters. The van der Waals surface area contributed by atoms with Crippen LogP contribution in [0, 0.1) is 17.8 Å². The second-order valence-corrected chi connectivity index (χ2v) is 5.44. The van der Waals surface area contributed by atoms with Crippen molar-refractivity contribution in [3.63, 3.8) is 0 Å². The molecular weight excluding hydrogens is 232 g/mol. The molecule has 104 valence electrons. The lowest BCUT2D eigenvalue weighted by Gasteiger charge is -2.19. The summed E-state index contributed by atoms with van der Waals surface area (Å²) in [4.78, 5) is 22.7. The maximum atomic E-state index is 11.8. The van der Waals surface area contributed by atoms with E-state index in [1.807, 2.05) is 13.8 Å². The number of ketones is 1. The van der Waals surface area contributed by atoms with Gasteiger partial charge in [0.1, 0.15) is 12.1 Å². The van der Waals surface area contributed by atoms with Gasteiger partial charge in [-0.3, -0.25) is 4.79 Å². The maximum absolute atomic E-state index is 11.8. The molecule has 18 heavy (non-hydrogen) atoms. The summed E-state index contributed by atoms with van der Waals surface area (Å²) >= 11 is 0. The Bertz CT molecular complexity index is 290. The van der Waals surface area contributed by atoms with Crippen LogP contribution in [0.25, 0.3) is 0 Å². The van der Waals surface area contributed by atoms with E-state index in [2.05, 4.69) is 0 Å². The lowest BCUT2D eigenvalue weighted by atomic mass is 9.87. The molecule has 0 bridgehead atoms. The quantitative estimate of drug-likeness (QED) is 0.674. The van der Waals surface area contributed by atoms with Crippen molar-refractivity contribution >= 4 is 12.1 Å². The second-order valence-electron chi connectivity index (χ2n) is 5.44. The Labute approximate surface area is 108 Å². The van der Waals surface area contributed by atoms with Crippen LogP contribution in [0.4, 0.5) is 0 Å². The lowest BCUT2D eigenvalue weighted by molar-refractivity contribution is -0.123. The van der Waals surface area contributed by atoms with Crippen molar-refractivity contribution in [2.45, 2.75) is 58.2 Å². The first-order chi connectivity index (χ1) is 8.51. The van der Waals surface area contributed by atoms with Crippen LogP contribution in [0.5, 0.6) is 0 Å². The number of aldehydes is 1. The van der Waals surface area contributed by atoms with Gasteiger partial charge >= 0.3 is 0 Å². The van der Waals surface area contributed by atoms with E-state index in [1.54, 1.807) is 0 Å². The molecule has 0 aromatic heterocycles. The molecule has 0 aromatic carbocycles. The van der Waals surface area contributed by atoms with Crippen LogP contribution >= 0.6 is 0 Å². The molecule has 2 N–H and O–H groups in total. The van der Waals surface area contributed by atoms with Gasteiger partial charge in [-0.25, -0.2) is 0 Å². The molecule has 0 radical (unpaired) electrons. The van der Waals surface area contributed by atoms with Crippen molar-refractivity contribution in [3.05, 3.63) is 0 Å². The number of carbonyl (C=O) groups excluding carboxylic acids is 2. The van der Waals surface area contributed by atoms with Crippen LogP contribution in [-0.4, -0.2) is 34.5 Å². The summed E-state index contributed by atoms with van der Waals surface area (Å²) < 4.78 is 0. The zero-order valence-corrected chi connectivity index (χ0v) is 11.2. The van der Waals surface area contributed by atoms with Gasteiger partial charge in [-0.15, -0.1) is 0 Å². The number of hydrogen-bond donors (Lipinski definition) is 2. The Kier molecular flexibility index (Phi) is 5.96. The molecule has 0 saturated heterocycles. The van der Waals surface area contributed by atoms with Crippen molar-refractivity contribution in [1.29, 1.82) is 0 Å². The summed E-state index contributed by atoms with van der Waals surface area (Å²) in [6.07, 6.45) is 2.28. The van der Waals surface area contributed by atoms with Gasteiger partial charge < -0.3 is 15.0 Å². The van der Waals surface area contributed by atoms with Gasteiger partial charge in [-0.2, -0.15) is 0 Å². The van der Waals surface area contributed by atoms with Crippen LogP contribution in [-0.2, 0) is 9.59 Å². The van der Waals surface area contributed by atoms with Crippen molar-refractivity contribution in [2.24, 2.45) is 17.8 Å². The highest BCUT2D eigenvalue weighted by molar-refractivity contribution is 5.80. The number of aliphatic hydroxyl groups is 2. The topological polar surface area (TPSA) is 74.6 Å². The molecule has 4 nitrogen and oxygen atoms in total. The van der Waals surface area contributed by atoms with Gasteiger partial charge in [0.05, 0.1) is 12.2 Å². The first kappa shape index (κ1) is 15.3. The van der Waals surface area contributed by atoms with Crippen molar-refractivity contribution in [1.82, 2.24) is 0 Å². The monoisotopic (exact) mass is 256 g/mol. The summed E-state index contributed by atoms with van der Waals surface area (Å²) in [5.41, 5.74) is 0. The van der Waals surface area contributed by atoms with Crippen LogP contribution in [0.3, 0.4) is 0 Å². The fourth-order valence-electron chi connectivity index (χ4n) is 2.85. The molecule has 0 heterocycles. The van der Waals surface area contributed by atoms with Crippen molar-refractivity contribution in [3.8, 4) is 0 Å². The van der Waals surface area contributed by atoms with Gasteiger partial charge in [0, 0.05) is 24.7 Å². The van der Waals surface area contributed by atoms with Crippen LogP contribution in [0.2, 0.25) is 0 Å². The maximum Gasteiger partial charge on any atom is 0.135 e. The average molecular weight is 256 g/mol. The summed E-state index contributed by atoms with van der Waals surface area (Å²) in [6.45, 7) is 3.96. The Hall–Kier alpha value is -0.740. The van der Waals surface area contributed by atoms with Gasteiger partial charge in [0.15, 0.2) is 0 Å².